The fourth-order valence-corrected chi connectivity index (χ4v) is 2.80. The summed E-state index contributed by atoms with van der Waals surface area (Å²) in [4.78, 5) is 12.1. The first-order chi connectivity index (χ1) is 10.3. The number of hydrogen-bond donors (Lipinski definition) is 3. The maximum atomic E-state index is 12.1. The fourth-order valence-electron chi connectivity index (χ4n) is 2.23. The van der Waals surface area contributed by atoms with Crippen molar-refractivity contribution in [2.24, 2.45) is 0 Å². The SMILES string of the molecule is Cc1ccc(NS(C)(=O)=O)c(NC(=O)CC2COCCN2)c1. The number of benzene rings is 1. The molecule has 1 amide bonds. The van der Waals surface area contributed by atoms with Crippen LogP contribution in [0.2, 0.25) is 0 Å². The van der Waals surface area contributed by atoms with Crippen LogP contribution in [0.3, 0.4) is 0 Å². The van der Waals surface area contributed by atoms with Gasteiger partial charge in [-0.15, -0.1) is 0 Å². The van der Waals surface area contributed by atoms with Gasteiger partial charge in [0.1, 0.15) is 0 Å². The molecule has 0 aliphatic carbocycles. The number of ether oxygens (including phenoxy) is 1. The van der Waals surface area contributed by atoms with Crippen LogP contribution in [0.25, 0.3) is 0 Å². The molecule has 1 fully saturated rings. The quantitative estimate of drug-likeness (QED) is 0.739. The molecule has 3 N–H and O–H groups in total. The maximum Gasteiger partial charge on any atom is 0.229 e. The van der Waals surface area contributed by atoms with Gasteiger partial charge in [-0.05, 0) is 24.6 Å². The topological polar surface area (TPSA) is 96.5 Å². The van der Waals surface area contributed by atoms with Crippen LogP contribution in [-0.2, 0) is 19.6 Å². The van der Waals surface area contributed by atoms with Gasteiger partial charge in [0.25, 0.3) is 0 Å². The summed E-state index contributed by atoms with van der Waals surface area (Å²) in [5.41, 5.74) is 1.73. The molecule has 122 valence electrons. The molecule has 7 nitrogen and oxygen atoms in total. The summed E-state index contributed by atoms with van der Waals surface area (Å²) in [7, 11) is -3.41. The number of sulfonamides is 1. The van der Waals surface area contributed by atoms with E-state index in [0.717, 1.165) is 18.4 Å². The number of anilines is 2. The van der Waals surface area contributed by atoms with E-state index in [9.17, 15) is 13.2 Å². The molecule has 1 aromatic carbocycles. The molecule has 1 aliphatic heterocycles. The van der Waals surface area contributed by atoms with Gasteiger partial charge in [-0.1, -0.05) is 6.07 Å². The number of rotatable bonds is 5. The zero-order valence-electron chi connectivity index (χ0n) is 12.7. The molecule has 0 spiro atoms. The van der Waals surface area contributed by atoms with E-state index in [2.05, 4.69) is 15.4 Å². The minimum atomic E-state index is -3.41. The second kappa shape index (κ2) is 7.08. The summed E-state index contributed by atoms with van der Waals surface area (Å²) >= 11 is 0. The third-order valence-electron chi connectivity index (χ3n) is 3.17. The minimum absolute atomic E-state index is 0.0233. The Bertz CT molecular complexity index is 639. The molecule has 0 bridgehead atoms. The highest BCUT2D eigenvalue weighted by Gasteiger charge is 2.18. The molecule has 0 radical (unpaired) electrons. The molecule has 1 heterocycles. The van der Waals surface area contributed by atoms with E-state index >= 15 is 0 Å². The lowest BCUT2D eigenvalue weighted by molar-refractivity contribution is -0.117. The summed E-state index contributed by atoms with van der Waals surface area (Å²) in [6, 6.07) is 5.12. The molecule has 1 saturated heterocycles. The Labute approximate surface area is 130 Å². The summed E-state index contributed by atoms with van der Waals surface area (Å²) in [6.45, 7) is 3.74. The molecule has 2 rings (SSSR count). The van der Waals surface area contributed by atoms with Crippen LogP contribution in [0.5, 0.6) is 0 Å². The third kappa shape index (κ3) is 5.28. The number of amides is 1. The van der Waals surface area contributed by atoms with Gasteiger partial charge < -0.3 is 15.4 Å². The van der Waals surface area contributed by atoms with Gasteiger partial charge in [-0.25, -0.2) is 8.42 Å². The van der Waals surface area contributed by atoms with Crippen LogP contribution in [0.1, 0.15) is 12.0 Å². The number of carbonyl (C=O) groups excluding carboxylic acids is 1. The average Bonchev–Trinajstić information content (AvgIpc) is 2.41. The van der Waals surface area contributed by atoms with Crippen molar-refractivity contribution in [1.82, 2.24) is 5.32 Å². The minimum Gasteiger partial charge on any atom is -0.378 e. The van der Waals surface area contributed by atoms with Crippen molar-refractivity contribution >= 4 is 27.3 Å². The van der Waals surface area contributed by atoms with Crippen molar-refractivity contribution in [1.29, 1.82) is 0 Å². The van der Waals surface area contributed by atoms with E-state index in [1.54, 1.807) is 18.2 Å². The van der Waals surface area contributed by atoms with Gasteiger partial charge in [0, 0.05) is 19.0 Å². The van der Waals surface area contributed by atoms with Crippen molar-refractivity contribution in [3.63, 3.8) is 0 Å². The number of hydrogen-bond acceptors (Lipinski definition) is 5. The van der Waals surface area contributed by atoms with Crippen molar-refractivity contribution in [2.45, 2.75) is 19.4 Å². The molecular formula is C14H21N3O4S. The van der Waals surface area contributed by atoms with Gasteiger partial charge >= 0.3 is 0 Å². The number of carbonyl (C=O) groups is 1. The first-order valence-corrected chi connectivity index (χ1v) is 8.92. The molecule has 0 aromatic heterocycles. The van der Waals surface area contributed by atoms with Crippen molar-refractivity contribution < 1.29 is 17.9 Å². The van der Waals surface area contributed by atoms with Gasteiger partial charge in [0.05, 0.1) is 30.8 Å². The molecular weight excluding hydrogens is 306 g/mol. The van der Waals surface area contributed by atoms with Gasteiger partial charge in [-0.3, -0.25) is 9.52 Å². The summed E-state index contributed by atoms with van der Waals surface area (Å²) in [5, 5.41) is 5.96. The molecule has 8 heteroatoms. The Morgan fingerprint density at radius 1 is 1.41 bits per heavy atom. The summed E-state index contributed by atoms with van der Waals surface area (Å²) < 4.78 is 30.5. The lowest BCUT2D eigenvalue weighted by Gasteiger charge is -2.23. The molecule has 1 unspecified atom stereocenters. The van der Waals surface area contributed by atoms with E-state index in [-0.39, 0.29) is 18.4 Å². The van der Waals surface area contributed by atoms with Crippen LogP contribution < -0.4 is 15.4 Å². The Balaban J connectivity index is 2.06. The van der Waals surface area contributed by atoms with Crippen molar-refractivity contribution in [3.8, 4) is 0 Å². The second-order valence-electron chi connectivity index (χ2n) is 5.40. The van der Waals surface area contributed by atoms with Crippen LogP contribution in [-0.4, -0.2) is 46.4 Å². The predicted octanol–water partition coefficient (Wildman–Crippen LogP) is 0.684. The van der Waals surface area contributed by atoms with E-state index in [1.807, 2.05) is 6.92 Å². The lowest BCUT2D eigenvalue weighted by Crippen LogP contribution is -2.43. The van der Waals surface area contributed by atoms with E-state index < -0.39 is 10.0 Å². The number of morpholine rings is 1. The second-order valence-corrected chi connectivity index (χ2v) is 7.15. The van der Waals surface area contributed by atoms with Crippen LogP contribution in [0.4, 0.5) is 11.4 Å². The molecule has 1 aliphatic rings. The van der Waals surface area contributed by atoms with E-state index in [1.165, 1.54) is 0 Å². The zero-order chi connectivity index (χ0) is 16.2. The summed E-state index contributed by atoms with van der Waals surface area (Å²) in [6.07, 6.45) is 1.34. The first kappa shape index (κ1) is 16.7. The van der Waals surface area contributed by atoms with E-state index in [4.69, 9.17) is 4.74 Å². The van der Waals surface area contributed by atoms with Crippen LogP contribution >= 0.6 is 0 Å². The molecule has 1 aromatic rings. The molecule has 22 heavy (non-hydrogen) atoms. The Hall–Kier alpha value is -1.64. The predicted molar refractivity (Wildman–Crippen MR) is 85.5 cm³/mol. The van der Waals surface area contributed by atoms with Crippen molar-refractivity contribution in [2.75, 3.05) is 36.1 Å². The van der Waals surface area contributed by atoms with Crippen LogP contribution in [0, 0.1) is 6.92 Å². The smallest absolute Gasteiger partial charge is 0.229 e. The number of nitrogens with one attached hydrogen (secondary N) is 3. The highest BCUT2D eigenvalue weighted by molar-refractivity contribution is 7.92. The van der Waals surface area contributed by atoms with Crippen LogP contribution in [0.15, 0.2) is 18.2 Å². The third-order valence-corrected chi connectivity index (χ3v) is 3.77. The first-order valence-electron chi connectivity index (χ1n) is 7.03. The van der Waals surface area contributed by atoms with Crippen molar-refractivity contribution in [3.05, 3.63) is 23.8 Å². The highest BCUT2D eigenvalue weighted by atomic mass is 32.2. The highest BCUT2D eigenvalue weighted by Crippen LogP contribution is 2.24. The fraction of sp³-hybridized carbons (Fsp3) is 0.500. The Morgan fingerprint density at radius 2 is 2.18 bits per heavy atom. The van der Waals surface area contributed by atoms with E-state index in [0.29, 0.717) is 24.6 Å². The molecule has 0 saturated carbocycles. The summed E-state index contributed by atoms with van der Waals surface area (Å²) in [5.74, 6) is -0.190. The zero-order valence-corrected chi connectivity index (χ0v) is 13.5. The molecule has 1 atom stereocenters. The number of aryl methyl sites for hydroxylation is 1. The monoisotopic (exact) mass is 327 g/mol. The Morgan fingerprint density at radius 3 is 2.82 bits per heavy atom. The lowest BCUT2D eigenvalue weighted by atomic mass is 10.1. The normalized spacial score (nSPS) is 18.7. The maximum absolute atomic E-state index is 12.1. The largest absolute Gasteiger partial charge is 0.378 e. The van der Waals surface area contributed by atoms with Gasteiger partial charge in [0.2, 0.25) is 15.9 Å². The van der Waals surface area contributed by atoms with Gasteiger partial charge in [-0.2, -0.15) is 0 Å². The van der Waals surface area contributed by atoms with Gasteiger partial charge in [0.15, 0.2) is 0 Å². The average molecular weight is 327 g/mol. The Kier molecular flexibility index (Phi) is 5.38. The standard InChI is InChI=1S/C14H21N3O4S/c1-10-3-4-12(17-22(2,19)20)13(7-10)16-14(18)8-11-9-21-6-5-15-11/h3-4,7,11,15,17H,5-6,8-9H2,1-2H3,(H,16,18).